The molecule has 2 rings (SSSR count). The summed E-state index contributed by atoms with van der Waals surface area (Å²) in [6.07, 6.45) is 7.18. The van der Waals surface area contributed by atoms with Crippen molar-refractivity contribution < 1.29 is 0 Å². The number of nitrogens with zero attached hydrogens (tertiary/aromatic N) is 5. The minimum Gasteiger partial charge on any atom is -0.238 e. The molecule has 0 N–H and O–H groups in total. The van der Waals surface area contributed by atoms with Crippen LogP contribution in [0.2, 0.25) is 0 Å². The third-order valence-electron chi connectivity index (χ3n) is 2.45. The van der Waals surface area contributed by atoms with Crippen LogP contribution in [-0.4, -0.2) is 24.7 Å². The summed E-state index contributed by atoms with van der Waals surface area (Å²) in [6, 6.07) is 1.98. The molecule has 0 amide bonds. The van der Waals surface area contributed by atoms with Crippen LogP contribution in [0.4, 0.5) is 0 Å². The lowest BCUT2D eigenvalue weighted by atomic mass is 10.2. The summed E-state index contributed by atoms with van der Waals surface area (Å²) in [4.78, 5) is 13.0. The molecule has 0 aliphatic rings. The van der Waals surface area contributed by atoms with Crippen LogP contribution in [0.5, 0.6) is 0 Å². The maximum atomic E-state index is 4.55. The first-order valence-corrected chi connectivity index (χ1v) is 6.05. The maximum absolute atomic E-state index is 4.55. The molecular formula is C12H17N5. The quantitative estimate of drug-likeness (QED) is 0.789. The first kappa shape index (κ1) is 11.7. The molecule has 0 aromatic carbocycles. The fourth-order valence-corrected chi connectivity index (χ4v) is 1.70. The molecule has 0 saturated carbocycles. The van der Waals surface area contributed by atoms with Gasteiger partial charge in [-0.2, -0.15) is 5.10 Å². The van der Waals surface area contributed by atoms with Gasteiger partial charge >= 0.3 is 0 Å². The standard InChI is InChI=1S/C12H17N5/c1-3-5-10-7-12(17-9-13-8-14-17)16-11(15-10)6-4-2/h7-9H,3-6H2,1-2H3. The van der Waals surface area contributed by atoms with Crippen LogP contribution in [0, 0.1) is 0 Å². The molecular weight excluding hydrogens is 214 g/mol. The van der Waals surface area contributed by atoms with E-state index in [1.807, 2.05) is 6.07 Å². The van der Waals surface area contributed by atoms with E-state index < -0.39 is 0 Å². The SMILES string of the molecule is CCCc1cc(-n2cncn2)nc(CCC)n1. The minimum atomic E-state index is 0.810. The lowest BCUT2D eigenvalue weighted by Gasteiger charge is -2.06. The van der Waals surface area contributed by atoms with Crippen molar-refractivity contribution in [1.29, 1.82) is 0 Å². The number of hydrogen-bond acceptors (Lipinski definition) is 4. The predicted octanol–water partition coefficient (Wildman–Crippen LogP) is 1.96. The molecule has 2 aromatic heterocycles. The van der Waals surface area contributed by atoms with Crippen molar-refractivity contribution in [2.24, 2.45) is 0 Å². The molecule has 0 unspecified atom stereocenters. The Morgan fingerprint density at radius 3 is 2.59 bits per heavy atom. The first-order valence-electron chi connectivity index (χ1n) is 6.05. The van der Waals surface area contributed by atoms with Crippen molar-refractivity contribution in [2.45, 2.75) is 39.5 Å². The van der Waals surface area contributed by atoms with E-state index in [1.165, 1.54) is 6.33 Å². The van der Waals surface area contributed by atoms with Gasteiger partial charge < -0.3 is 0 Å². The third-order valence-corrected chi connectivity index (χ3v) is 2.45. The number of aromatic nitrogens is 5. The van der Waals surface area contributed by atoms with Gasteiger partial charge in [-0.1, -0.05) is 20.3 Å². The van der Waals surface area contributed by atoms with E-state index in [0.717, 1.165) is 43.0 Å². The molecule has 0 fully saturated rings. The molecule has 0 aliphatic carbocycles. The summed E-state index contributed by atoms with van der Waals surface area (Å²) < 4.78 is 1.68. The van der Waals surface area contributed by atoms with Crippen molar-refractivity contribution in [3.05, 3.63) is 30.2 Å². The molecule has 0 atom stereocenters. The molecule has 5 heteroatoms. The summed E-state index contributed by atoms with van der Waals surface area (Å²) in [5, 5.41) is 4.10. The summed E-state index contributed by atoms with van der Waals surface area (Å²) in [6.45, 7) is 4.28. The zero-order valence-corrected chi connectivity index (χ0v) is 10.3. The Morgan fingerprint density at radius 2 is 1.94 bits per heavy atom. The number of aryl methyl sites for hydroxylation is 2. The highest BCUT2D eigenvalue weighted by Gasteiger charge is 2.06. The highest BCUT2D eigenvalue weighted by atomic mass is 15.3. The van der Waals surface area contributed by atoms with Crippen molar-refractivity contribution in [3.63, 3.8) is 0 Å². The van der Waals surface area contributed by atoms with Crippen LogP contribution in [0.1, 0.15) is 38.2 Å². The Labute approximate surface area is 101 Å². The number of hydrogen-bond donors (Lipinski definition) is 0. The zero-order chi connectivity index (χ0) is 12.1. The van der Waals surface area contributed by atoms with E-state index in [-0.39, 0.29) is 0 Å². The van der Waals surface area contributed by atoms with Crippen molar-refractivity contribution in [3.8, 4) is 5.82 Å². The summed E-state index contributed by atoms with van der Waals surface area (Å²) in [7, 11) is 0. The Bertz CT molecular complexity index is 440. The highest BCUT2D eigenvalue weighted by molar-refractivity contribution is 5.23. The first-order chi connectivity index (χ1) is 8.33. The molecule has 0 saturated heterocycles. The van der Waals surface area contributed by atoms with Crippen LogP contribution >= 0.6 is 0 Å². The second kappa shape index (κ2) is 5.52. The summed E-state index contributed by atoms with van der Waals surface area (Å²) in [5.74, 6) is 1.70. The van der Waals surface area contributed by atoms with Crippen molar-refractivity contribution in [2.75, 3.05) is 0 Å². The van der Waals surface area contributed by atoms with E-state index in [1.54, 1.807) is 11.0 Å². The van der Waals surface area contributed by atoms with E-state index in [2.05, 4.69) is 33.9 Å². The van der Waals surface area contributed by atoms with Crippen LogP contribution in [0.15, 0.2) is 18.7 Å². The average Bonchev–Trinajstić information content (AvgIpc) is 2.83. The average molecular weight is 231 g/mol. The fraction of sp³-hybridized carbons (Fsp3) is 0.500. The Morgan fingerprint density at radius 1 is 1.12 bits per heavy atom. The Balaban J connectivity index is 2.37. The summed E-state index contributed by atoms with van der Waals surface area (Å²) >= 11 is 0. The largest absolute Gasteiger partial charge is 0.238 e. The minimum absolute atomic E-state index is 0.810. The Kier molecular flexibility index (Phi) is 3.80. The van der Waals surface area contributed by atoms with Gasteiger partial charge in [0.25, 0.3) is 0 Å². The molecule has 0 spiro atoms. The van der Waals surface area contributed by atoms with Gasteiger partial charge in [0.1, 0.15) is 18.5 Å². The van der Waals surface area contributed by atoms with Gasteiger partial charge in [-0.25, -0.2) is 19.6 Å². The van der Waals surface area contributed by atoms with Gasteiger partial charge in [-0.05, 0) is 12.8 Å². The monoisotopic (exact) mass is 231 g/mol. The predicted molar refractivity (Wildman–Crippen MR) is 64.9 cm³/mol. The van der Waals surface area contributed by atoms with Crippen LogP contribution in [0.3, 0.4) is 0 Å². The zero-order valence-electron chi connectivity index (χ0n) is 10.3. The van der Waals surface area contributed by atoms with Crippen molar-refractivity contribution in [1.82, 2.24) is 24.7 Å². The number of rotatable bonds is 5. The molecule has 90 valence electrons. The highest BCUT2D eigenvalue weighted by Crippen LogP contribution is 2.09. The third kappa shape index (κ3) is 2.87. The lowest BCUT2D eigenvalue weighted by molar-refractivity contribution is 0.756. The van der Waals surface area contributed by atoms with Crippen LogP contribution in [0.25, 0.3) is 5.82 Å². The van der Waals surface area contributed by atoms with Gasteiger partial charge in [-0.3, -0.25) is 0 Å². The van der Waals surface area contributed by atoms with E-state index >= 15 is 0 Å². The van der Waals surface area contributed by atoms with Crippen LogP contribution < -0.4 is 0 Å². The Hall–Kier alpha value is -1.78. The van der Waals surface area contributed by atoms with E-state index in [4.69, 9.17) is 0 Å². The second-order valence-corrected chi connectivity index (χ2v) is 3.97. The van der Waals surface area contributed by atoms with Gasteiger partial charge in [0.15, 0.2) is 5.82 Å². The molecule has 2 heterocycles. The second-order valence-electron chi connectivity index (χ2n) is 3.97. The smallest absolute Gasteiger partial charge is 0.159 e. The van der Waals surface area contributed by atoms with Gasteiger partial charge in [0.05, 0.1) is 0 Å². The topological polar surface area (TPSA) is 56.5 Å². The molecule has 0 bridgehead atoms. The fourth-order valence-electron chi connectivity index (χ4n) is 1.70. The van der Waals surface area contributed by atoms with Crippen molar-refractivity contribution >= 4 is 0 Å². The normalized spacial score (nSPS) is 10.7. The van der Waals surface area contributed by atoms with Gasteiger partial charge in [-0.15, -0.1) is 0 Å². The van der Waals surface area contributed by atoms with E-state index in [9.17, 15) is 0 Å². The molecule has 0 aliphatic heterocycles. The molecule has 17 heavy (non-hydrogen) atoms. The van der Waals surface area contributed by atoms with Gasteiger partial charge in [0.2, 0.25) is 0 Å². The summed E-state index contributed by atoms with van der Waals surface area (Å²) in [5.41, 5.74) is 1.08. The molecule has 0 radical (unpaired) electrons. The van der Waals surface area contributed by atoms with Gasteiger partial charge in [0, 0.05) is 18.2 Å². The maximum Gasteiger partial charge on any atom is 0.159 e. The molecule has 5 nitrogen and oxygen atoms in total. The van der Waals surface area contributed by atoms with Crippen LogP contribution in [-0.2, 0) is 12.8 Å². The van der Waals surface area contributed by atoms with E-state index in [0.29, 0.717) is 0 Å². The lowest BCUT2D eigenvalue weighted by Crippen LogP contribution is -2.06. The molecule has 2 aromatic rings.